The summed E-state index contributed by atoms with van der Waals surface area (Å²) in [6.07, 6.45) is 0. The predicted octanol–water partition coefficient (Wildman–Crippen LogP) is 3.01. The van der Waals surface area contributed by atoms with Crippen LogP contribution >= 0.6 is 15.9 Å². The van der Waals surface area contributed by atoms with Crippen molar-refractivity contribution < 1.29 is 0 Å². The second-order valence-electron chi connectivity index (χ2n) is 4.25. The summed E-state index contributed by atoms with van der Waals surface area (Å²) in [5, 5.41) is 3.33. The largest absolute Gasteiger partial charge is 0.363 e. The van der Waals surface area contributed by atoms with Gasteiger partial charge in [0.15, 0.2) is 0 Å². The minimum absolute atomic E-state index is 0.137. The van der Waals surface area contributed by atoms with Gasteiger partial charge in [-0.25, -0.2) is 15.8 Å². The van der Waals surface area contributed by atoms with Gasteiger partial charge < -0.3 is 10.7 Å². The molecular formula is C13H16BrN5. The lowest BCUT2D eigenvalue weighted by Gasteiger charge is -2.16. The molecule has 0 radical (unpaired) electrons. The molecule has 0 saturated carbocycles. The number of hydrogen-bond donors (Lipinski definition) is 3. The highest BCUT2D eigenvalue weighted by molar-refractivity contribution is 9.10. The Hall–Kier alpha value is -1.66. The van der Waals surface area contributed by atoms with Gasteiger partial charge in [-0.3, -0.25) is 0 Å². The second kappa shape index (κ2) is 5.99. The second-order valence-corrected chi connectivity index (χ2v) is 5.17. The van der Waals surface area contributed by atoms with Gasteiger partial charge in [0.25, 0.3) is 0 Å². The highest BCUT2D eigenvalue weighted by atomic mass is 79.9. The van der Waals surface area contributed by atoms with Crippen LogP contribution in [-0.4, -0.2) is 9.97 Å². The Balaban J connectivity index is 2.18. The highest BCUT2D eigenvalue weighted by Crippen LogP contribution is 2.22. The third-order valence-corrected chi connectivity index (χ3v) is 3.19. The first-order chi connectivity index (χ1) is 9.08. The summed E-state index contributed by atoms with van der Waals surface area (Å²) < 4.78 is 1.06. The zero-order chi connectivity index (χ0) is 13.8. The topological polar surface area (TPSA) is 75.9 Å². The predicted molar refractivity (Wildman–Crippen MR) is 80.8 cm³/mol. The number of rotatable bonds is 4. The Kier molecular flexibility index (Phi) is 4.34. The van der Waals surface area contributed by atoms with Gasteiger partial charge in [-0.15, -0.1) is 0 Å². The van der Waals surface area contributed by atoms with E-state index in [0.717, 1.165) is 10.3 Å². The van der Waals surface area contributed by atoms with E-state index < -0.39 is 0 Å². The fraction of sp³-hybridized carbons (Fsp3) is 0.231. The van der Waals surface area contributed by atoms with Crippen LogP contribution in [0, 0.1) is 6.92 Å². The van der Waals surface area contributed by atoms with E-state index in [4.69, 9.17) is 5.84 Å². The lowest BCUT2D eigenvalue weighted by molar-refractivity contribution is 0.866. The van der Waals surface area contributed by atoms with Crippen molar-refractivity contribution in [2.24, 2.45) is 5.84 Å². The number of aryl methyl sites for hydroxylation is 1. The molecule has 0 bridgehead atoms. The summed E-state index contributed by atoms with van der Waals surface area (Å²) in [7, 11) is 0. The fourth-order valence-corrected chi connectivity index (χ4v) is 2.21. The lowest BCUT2D eigenvalue weighted by Crippen LogP contribution is -2.13. The number of aromatic nitrogens is 2. The minimum atomic E-state index is 0.137. The summed E-state index contributed by atoms with van der Waals surface area (Å²) in [6, 6.07) is 10.1. The van der Waals surface area contributed by atoms with Crippen LogP contribution < -0.4 is 16.6 Å². The number of nitrogen functional groups attached to an aromatic ring is 1. The number of halogens is 1. The summed E-state index contributed by atoms with van der Waals surface area (Å²) in [4.78, 5) is 8.49. The maximum absolute atomic E-state index is 5.38. The van der Waals surface area contributed by atoms with Crippen LogP contribution in [0.1, 0.15) is 24.4 Å². The molecule has 19 heavy (non-hydrogen) atoms. The quantitative estimate of drug-likeness (QED) is 0.596. The van der Waals surface area contributed by atoms with Crippen LogP contribution in [0.5, 0.6) is 0 Å². The molecule has 1 aromatic carbocycles. The van der Waals surface area contributed by atoms with Crippen LogP contribution in [0.15, 0.2) is 34.8 Å². The molecule has 0 spiro atoms. The maximum atomic E-state index is 5.38. The average Bonchev–Trinajstić information content (AvgIpc) is 2.38. The first-order valence-corrected chi connectivity index (χ1v) is 6.72. The molecule has 6 heteroatoms. The van der Waals surface area contributed by atoms with Crippen LogP contribution in [0.25, 0.3) is 0 Å². The normalized spacial score (nSPS) is 12.0. The highest BCUT2D eigenvalue weighted by Gasteiger charge is 2.08. The molecule has 0 saturated heterocycles. The Morgan fingerprint density at radius 1 is 1.21 bits per heavy atom. The smallest absolute Gasteiger partial charge is 0.145 e. The molecule has 2 aromatic rings. The van der Waals surface area contributed by atoms with Crippen molar-refractivity contribution in [3.05, 3.63) is 46.2 Å². The van der Waals surface area contributed by atoms with Gasteiger partial charge in [0.2, 0.25) is 0 Å². The van der Waals surface area contributed by atoms with Crippen LogP contribution in [0.3, 0.4) is 0 Å². The number of anilines is 2. The zero-order valence-corrected chi connectivity index (χ0v) is 12.4. The maximum Gasteiger partial charge on any atom is 0.145 e. The van der Waals surface area contributed by atoms with E-state index >= 15 is 0 Å². The molecule has 0 fully saturated rings. The molecule has 1 atom stereocenters. The first-order valence-electron chi connectivity index (χ1n) is 5.93. The molecule has 1 aromatic heterocycles. The van der Waals surface area contributed by atoms with Gasteiger partial charge in [-0.05, 0) is 31.5 Å². The molecule has 2 rings (SSSR count). The van der Waals surface area contributed by atoms with E-state index in [1.54, 1.807) is 6.07 Å². The number of hydrazine groups is 1. The van der Waals surface area contributed by atoms with Gasteiger partial charge >= 0.3 is 0 Å². The third-order valence-electron chi connectivity index (χ3n) is 2.70. The van der Waals surface area contributed by atoms with E-state index in [2.05, 4.69) is 55.7 Å². The molecule has 1 heterocycles. The summed E-state index contributed by atoms with van der Waals surface area (Å²) in [5.41, 5.74) is 3.71. The molecule has 4 N–H and O–H groups in total. The monoisotopic (exact) mass is 321 g/mol. The van der Waals surface area contributed by atoms with Crippen molar-refractivity contribution in [2.45, 2.75) is 19.9 Å². The van der Waals surface area contributed by atoms with Crippen LogP contribution in [0.4, 0.5) is 11.6 Å². The Morgan fingerprint density at radius 3 is 2.63 bits per heavy atom. The fourth-order valence-electron chi connectivity index (χ4n) is 1.80. The lowest BCUT2D eigenvalue weighted by atomic mass is 10.1. The van der Waals surface area contributed by atoms with Crippen molar-refractivity contribution >= 4 is 27.6 Å². The van der Waals surface area contributed by atoms with Crippen LogP contribution in [0.2, 0.25) is 0 Å². The molecule has 0 aliphatic heterocycles. The van der Waals surface area contributed by atoms with Gasteiger partial charge in [0.1, 0.15) is 17.5 Å². The average molecular weight is 322 g/mol. The molecular weight excluding hydrogens is 306 g/mol. The molecule has 100 valence electrons. The van der Waals surface area contributed by atoms with Crippen molar-refractivity contribution in [3.63, 3.8) is 0 Å². The summed E-state index contributed by atoms with van der Waals surface area (Å²) in [6.45, 7) is 3.91. The van der Waals surface area contributed by atoms with E-state index in [0.29, 0.717) is 11.6 Å². The molecule has 1 unspecified atom stereocenters. The molecule has 0 amide bonds. The van der Waals surface area contributed by atoms with Crippen molar-refractivity contribution in [1.82, 2.24) is 9.97 Å². The third kappa shape index (κ3) is 3.65. The Labute approximate surface area is 120 Å². The van der Waals surface area contributed by atoms with E-state index in [-0.39, 0.29) is 6.04 Å². The van der Waals surface area contributed by atoms with Gasteiger partial charge in [-0.1, -0.05) is 28.1 Å². The number of nitrogens with zero attached hydrogens (tertiary/aromatic N) is 2. The van der Waals surface area contributed by atoms with Crippen molar-refractivity contribution in [2.75, 3.05) is 10.7 Å². The number of benzene rings is 1. The van der Waals surface area contributed by atoms with Gasteiger partial charge in [0.05, 0.1) is 0 Å². The van der Waals surface area contributed by atoms with Crippen LogP contribution in [-0.2, 0) is 0 Å². The SMILES string of the molecule is Cc1nc(NN)cc(NC(C)c2cccc(Br)c2)n1. The number of nitrogens with one attached hydrogen (secondary N) is 2. The minimum Gasteiger partial charge on any atom is -0.363 e. The molecule has 0 aliphatic carbocycles. The van der Waals surface area contributed by atoms with Gasteiger partial charge in [-0.2, -0.15) is 0 Å². The van der Waals surface area contributed by atoms with Gasteiger partial charge in [0, 0.05) is 16.6 Å². The Bertz CT molecular complexity index is 573. The molecule has 5 nitrogen and oxygen atoms in total. The standard InChI is InChI=1S/C13H16BrN5/c1-8(10-4-3-5-11(14)6-10)16-12-7-13(19-15)18-9(2)17-12/h3-8H,15H2,1-2H3,(H2,16,17,18,19). The summed E-state index contributed by atoms with van der Waals surface area (Å²) >= 11 is 3.47. The molecule has 0 aliphatic rings. The van der Waals surface area contributed by atoms with E-state index in [1.807, 2.05) is 19.1 Å². The number of hydrogen-bond acceptors (Lipinski definition) is 5. The van der Waals surface area contributed by atoms with Crippen molar-refractivity contribution in [1.29, 1.82) is 0 Å². The van der Waals surface area contributed by atoms with E-state index in [9.17, 15) is 0 Å². The zero-order valence-electron chi connectivity index (χ0n) is 10.8. The first kappa shape index (κ1) is 13.8. The van der Waals surface area contributed by atoms with Crippen molar-refractivity contribution in [3.8, 4) is 0 Å². The summed E-state index contributed by atoms with van der Waals surface area (Å²) in [5.74, 6) is 7.38. The van der Waals surface area contributed by atoms with E-state index in [1.165, 1.54) is 5.56 Å². The number of nitrogens with two attached hydrogens (primary N) is 1. The Morgan fingerprint density at radius 2 is 1.95 bits per heavy atom.